The Morgan fingerprint density at radius 1 is 1.25 bits per heavy atom. The molecule has 0 spiro atoms. The summed E-state index contributed by atoms with van der Waals surface area (Å²) in [4.78, 5) is 4.91. The lowest BCUT2D eigenvalue weighted by molar-refractivity contribution is -0.182. The minimum Gasteiger partial charge on any atom is -0.367 e. The summed E-state index contributed by atoms with van der Waals surface area (Å²) in [7, 11) is 0. The van der Waals surface area contributed by atoms with E-state index in [1.54, 1.807) is 11.3 Å². The smallest absolute Gasteiger partial charge is 0.0772 e. The second-order valence-electron chi connectivity index (χ2n) is 6.54. The Bertz CT molecular complexity index is 506. The summed E-state index contributed by atoms with van der Waals surface area (Å²) < 4.78 is 6.11. The van der Waals surface area contributed by atoms with Gasteiger partial charge < -0.3 is 10.5 Å². The molecule has 1 saturated heterocycles. The van der Waals surface area contributed by atoms with E-state index in [1.165, 1.54) is 4.88 Å². The summed E-state index contributed by atoms with van der Waals surface area (Å²) in [6.45, 7) is 11.9. The summed E-state index contributed by atoms with van der Waals surface area (Å²) in [6, 6.07) is 4.25. The summed E-state index contributed by atoms with van der Waals surface area (Å²) in [5, 5.41) is 0. The summed E-state index contributed by atoms with van der Waals surface area (Å²) in [5.41, 5.74) is 5.21. The van der Waals surface area contributed by atoms with Crippen LogP contribution < -0.4 is 5.73 Å². The second kappa shape index (κ2) is 5.87. The van der Waals surface area contributed by atoms with Crippen LogP contribution in [0.1, 0.15) is 37.4 Å². The fourth-order valence-corrected chi connectivity index (χ4v) is 3.87. The first-order valence-electron chi connectivity index (χ1n) is 7.00. The zero-order chi connectivity index (χ0) is 14.8. The SMILES string of the molecule is CC1(C)CN(Cc2ccc(C#CCN)s2)CC(C)(C)O1. The highest BCUT2D eigenvalue weighted by atomic mass is 32.1. The van der Waals surface area contributed by atoms with Crippen molar-refractivity contribution in [3.05, 3.63) is 21.9 Å². The predicted octanol–water partition coefficient (Wildman–Crippen LogP) is 2.45. The topological polar surface area (TPSA) is 38.5 Å². The molecule has 0 unspecified atom stereocenters. The molecule has 0 amide bonds. The van der Waals surface area contributed by atoms with Crippen LogP contribution in [0.5, 0.6) is 0 Å². The molecular weight excluding hydrogens is 268 g/mol. The molecule has 0 aliphatic carbocycles. The van der Waals surface area contributed by atoms with Gasteiger partial charge in [-0.1, -0.05) is 11.8 Å². The molecule has 0 atom stereocenters. The predicted molar refractivity (Wildman–Crippen MR) is 84.8 cm³/mol. The molecule has 0 saturated carbocycles. The third-order valence-corrected chi connectivity index (χ3v) is 4.10. The van der Waals surface area contributed by atoms with Gasteiger partial charge in [0.2, 0.25) is 0 Å². The van der Waals surface area contributed by atoms with Gasteiger partial charge in [0, 0.05) is 24.5 Å². The standard InChI is InChI=1S/C16H24N2OS/c1-15(2)11-18(12-16(3,4)19-15)10-14-8-7-13(20-14)6-5-9-17/h7-8H,9-12,17H2,1-4H3. The van der Waals surface area contributed by atoms with Crippen LogP contribution in [0.15, 0.2) is 12.1 Å². The molecule has 3 nitrogen and oxygen atoms in total. The number of morpholine rings is 1. The van der Waals surface area contributed by atoms with E-state index in [-0.39, 0.29) is 11.2 Å². The van der Waals surface area contributed by atoms with Gasteiger partial charge in [0.25, 0.3) is 0 Å². The van der Waals surface area contributed by atoms with Gasteiger partial charge in [-0.15, -0.1) is 11.3 Å². The maximum Gasteiger partial charge on any atom is 0.0772 e. The van der Waals surface area contributed by atoms with Crippen molar-refractivity contribution in [1.82, 2.24) is 4.90 Å². The van der Waals surface area contributed by atoms with E-state index in [9.17, 15) is 0 Å². The molecule has 2 rings (SSSR count). The van der Waals surface area contributed by atoms with Crippen LogP contribution in [0.3, 0.4) is 0 Å². The van der Waals surface area contributed by atoms with E-state index in [0.29, 0.717) is 6.54 Å². The van der Waals surface area contributed by atoms with Gasteiger partial charge in [-0.25, -0.2) is 0 Å². The van der Waals surface area contributed by atoms with Gasteiger partial charge >= 0.3 is 0 Å². The van der Waals surface area contributed by atoms with Gasteiger partial charge in [0.05, 0.1) is 22.6 Å². The average molecular weight is 292 g/mol. The summed E-state index contributed by atoms with van der Waals surface area (Å²) in [5.74, 6) is 6.00. The highest BCUT2D eigenvalue weighted by Crippen LogP contribution is 2.29. The Labute approximate surface area is 126 Å². The van der Waals surface area contributed by atoms with Crippen molar-refractivity contribution >= 4 is 11.3 Å². The third-order valence-electron chi connectivity index (χ3n) is 3.12. The molecular formula is C16H24N2OS. The van der Waals surface area contributed by atoms with Crippen LogP contribution in [0, 0.1) is 11.8 Å². The van der Waals surface area contributed by atoms with Crippen molar-refractivity contribution in [3.8, 4) is 11.8 Å². The van der Waals surface area contributed by atoms with Gasteiger partial charge in [-0.05, 0) is 39.8 Å². The van der Waals surface area contributed by atoms with Crippen molar-refractivity contribution in [2.75, 3.05) is 19.6 Å². The Morgan fingerprint density at radius 2 is 1.90 bits per heavy atom. The van der Waals surface area contributed by atoms with E-state index < -0.39 is 0 Å². The Kier molecular flexibility index (Phi) is 4.55. The van der Waals surface area contributed by atoms with E-state index in [1.807, 2.05) is 0 Å². The minimum atomic E-state index is -0.0960. The molecule has 2 N–H and O–H groups in total. The fourth-order valence-electron chi connectivity index (χ4n) is 2.95. The number of nitrogens with zero attached hydrogens (tertiary/aromatic N) is 1. The number of hydrogen-bond donors (Lipinski definition) is 1. The van der Waals surface area contributed by atoms with Crippen molar-refractivity contribution in [2.45, 2.75) is 45.4 Å². The van der Waals surface area contributed by atoms with E-state index in [2.05, 4.69) is 56.6 Å². The zero-order valence-corrected chi connectivity index (χ0v) is 13.6. The van der Waals surface area contributed by atoms with Crippen LogP contribution in [0.25, 0.3) is 0 Å². The molecule has 0 bridgehead atoms. The molecule has 1 aromatic rings. The number of thiophene rings is 1. The Balaban J connectivity index is 2.04. The lowest BCUT2D eigenvalue weighted by atomic mass is 9.99. The summed E-state index contributed by atoms with van der Waals surface area (Å²) >= 11 is 1.76. The van der Waals surface area contributed by atoms with Gasteiger partial charge in [-0.3, -0.25) is 4.90 Å². The molecule has 1 aliphatic rings. The van der Waals surface area contributed by atoms with Crippen molar-refractivity contribution < 1.29 is 4.74 Å². The number of rotatable bonds is 2. The third kappa shape index (κ3) is 4.32. The molecule has 0 radical (unpaired) electrons. The minimum absolute atomic E-state index is 0.0960. The van der Waals surface area contributed by atoms with E-state index in [4.69, 9.17) is 10.5 Å². The first-order chi connectivity index (χ1) is 9.30. The number of nitrogens with two attached hydrogens (primary N) is 1. The van der Waals surface area contributed by atoms with Gasteiger partial charge in [0.15, 0.2) is 0 Å². The summed E-state index contributed by atoms with van der Waals surface area (Å²) in [6.07, 6.45) is 0. The van der Waals surface area contributed by atoms with Gasteiger partial charge in [0.1, 0.15) is 0 Å². The van der Waals surface area contributed by atoms with Gasteiger partial charge in [-0.2, -0.15) is 0 Å². The van der Waals surface area contributed by atoms with Crippen molar-refractivity contribution in [2.24, 2.45) is 5.73 Å². The lowest BCUT2D eigenvalue weighted by Crippen LogP contribution is -2.56. The molecule has 1 aromatic heterocycles. The quantitative estimate of drug-likeness (QED) is 0.851. The largest absolute Gasteiger partial charge is 0.367 e. The van der Waals surface area contributed by atoms with Crippen LogP contribution in [-0.4, -0.2) is 35.7 Å². The second-order valence-corrected chi connectivity index (χ2v) is 7.71. The van der Waals surface area contributed by atoms with E-state index >= 15 is 0 Å². The highest BCUT2D eigenvalue weighted by Gasteiger charge is 2.37. The van der Waals surface area contributed by atoms with E-state index in [0.717, 1.165) is 24.5 Å². The molecule has 1 aliphatic heterocycles. The van der Waals surface area contributed by atoms with Crippen LogP contribution in [0.4, 0.5) is 0 Å². The maximum absolute atomic E-state index is 6.11. The molecule has 4 heteroatoms. The normalized spacial score (nSPS) is 21.2. The Morgan fingerprint density at radius 3 is 2.50 bits per heavy atom. The zero-order valence-electron chi connectivity index (χ0n) is 12.8. The molecule has 1 fully saturated rings. The Hall–Kier alpha value is -0.860. The maximum atomic E-state index is 6.11. The van der Waals surface area contributed by atoms with Crippen LogP contribution >= 0.6 is 11.3 Å². The number of ether oxygens (including phenoxy) is 1. The first kappa shape index (κ1) is 15.5. The van der Waals surface area contributed by atoms with Crippen molar-refractivity contribution in [3.63, 3.8) is 0 Å². The monoisotopic (exact) mass is 292 g/mol. The molecule has 2 heterocycles. The van der Waals surface area contributed by atoms with Crippen molar-refractivity contribution in [1.29, 1.82) is 0 Å². The average Bonchev–Trinajstić information content (AvgIpc) is 2.69. The fraction of sp³-hybridized carbons (Fsp3) is 0.625. The molecule has 0 aromatic carbocycles. The first-order valence-corrected chi connectivity index (χ1v) is 7.81. The molecule has 110 valence electrons. The van der Waals surface area contributed by atoms with Crippen LogP contribution in [-0.2, 0) is 11.3 Å². The van der Waals surface area contributed by atoms with Crippen LogP contribution in [0.2, 0.25) is 0 Å². The molecule has 20 heavy (non-hydrogen) atoms. The number of hydrogen-bond acceptors (Lipinski definition) is 4. The lowest BCUT2D eigenvalue weighted by Gasteiger charge is -2.47. The highest BCUT2D eigenvalue weighted by molar-refractivity contribution is 7.12.